The van der Waals surface area contributed by atoms with E-state index in [9.17, 15) is 0 Å². The Bertz CT molecular complexity index is 392. The van der Waals surface area contributed by atoms with E-state index < -0.39 is 0 Å². The number of rotatable bonds is 29. The van der Waals surface area contributed by atoms with E-state index in [2.05, 4.69) is 5.92 Å². The van der Waals surface area contributed by atoms with Crippen LogP contribution in [0.4, 0.5) is 0 Å². The van der Waals surface area contributed by atoms with Gasteiger partial charge in [-0.3, -0.25) is 0 Å². The number of ether oxygens (including phenoxy) is 10. The maximum Gasteiger partial charge on any atom is 0.0701 e. The van der Waals surface area contributed by atoms with Crippen LogP contribution in [0.5, 0.6) is 0 Å². The Morgan fingerprint density at radius 1 is 0.364 bits per heavy atom. The summed E-state index contributed by atoms with van der Waals surface area (Å²) in [6.45, 7) is 10.3. The summed E-state index contributed by atoms with van der Waals surface area (Å²) in [4.78, 5) is 0. The number of hydrogen-bond acceptors (Lipinski definition) is 10. The lowest BCUT2D eigenvalue weighted by atomic mass is 10.5. The van der Waals surface area contributed by atoms with Crippen molar-refractivity contribution in [3.05, 3.63) is 0 Å². The molecule has 0 atom stereocenters. The SMILES string of the molecule is C#CCCOCCOCCOCCOCCOCCOCCOCCOCCOCCOC. The molecule has 0 spiro atoms. The average molecular weight is 481 g/mol. The summed E-state index contributed by atoms with van der Waals surface area (Å²) in [6, 6.07) is 0. The summed E-state index contributed by atoms with van der Waals surface area (Å²) in [7, 11) is 1.65. The first-order valence-electron chi connectivity index (χ1n) is 11.5. The van der Waals surface area contributed by atoms with Gasteiger partial charge in [0, 0.05) is 13.5 Å². The molecule has 0 aromatic rings. The molecule has 0 radical (unpaired) electrons. The third-order valence-electron chi connectivity index (χ3n) is 3.80. The number of terminal acetylenes is 1. The van der Waals surface area contributed by atoms with E-state index in [-0.39, 0.29) is 0 Å². The highest BCUT2D eigenvalue weighted by atomic mass is 16.6. The second-order valence-corrected chi connectivity index (χ2v) is 6.46. The molecule has 0 aromatic heterocycles. The van der Waals surface area contributed by atoms with Crippen LogP contribution in [0.25, 0.3) is 0 Å². The van der Waals surface area contributed by atoms with Crippen molar-refractivity contribution in [3.8, 4) is 12.3 Å². The van der Waals surface area contributed by atoms with Gasteiger partial charge in [-0.2, -0.15) is 0 Å². The van der Waals surface area contributed by atoms with Gasteiger partial charge >= 0.3 is 0 Å². The van der Waals surface area contributed by atoms with Gasteiger partial charge in [-0.1, -0.05) is 0 Å². The molecular weight excluding hydrogens is 436 g/mol. The Kier molecular flexibility index (Phi) is 30.4. The van der Waals surface area contributed by atoms with Gasteiger partial charge in [-0.25, -0.2) is 0 Å². The van der Waals surface area contributed by atoms with Crippen LogP contribution in [-0.2, 0) is 47.4 Å². The normalized spacial score (nSPS) is 11.2. The molecule has 0 rings (SSSR count). The van der Waals surface area contributed by atoms with Gasteiger partial charge in [0.2, 0.25) is 0 Å². The molecule has 0 fully saturated rings. The molecule has 33 heavy (non-hydrogen) atoms. The number of methoxy groups -OCH3 is 1. The molecule has 196 valence electrons. The van der Waals surface area contributed by atoms with Crippen LogP contribution in [0.2, 0.25) is 0 Å². The van der Waals surface area contributed by atoms with Gasteiger partial charge in [0.15, 0.2) is 0 Å². The smallest absolute Gasteiger partial charge is 0.0701 e. The van der Waals surface area contributed by atoms with Crippen LogP contribution in [-0.4, -0.2) is 133 Å². The van der Waals surface area contributed by atoms with Crippen molar-refractivity contribution in [2.24, 2.45) is 0 Å². The summed E-state index contributed by atoms with van der Waals surface area (Å²) in [6.07, 6.45) is 5.75. The van der Waals surface area contributed by atoms with Crippen molar-refractivity contribution in [2.45, 2.75) is 6.42 Å². The molecule has 0 saturated carbocycles. The Hall–Kier alpha value is -0.840. The fourth-order valence-electron chi connectivity index (χ4n) is 2.13. The topological polar surface area (TPSA) is 92.3 Å². The number of hydrogen-bond donors (Lipinski definition) is 0. The molecule has 0 aliphatic heterocycles. The maximum atomic E-state index is 5.43. The van der Waals surface area contributed by atoms with Gasteiger partial charge in [0.1, 0.15) is 0 Å². The highest BCUT2D eigenvalue weighted by molar-refractivity contribution is 4.82. The molecule has 10 nitrogen and oxygen atoms in total. The Balaban J connectivity index is 3.00. The van der Waals surface area contributed by atoms with Crippen molar-refractivity contribution >= 4 is 0 Å². The summed E-state index contributed by atoms with van der Waals surface area (Å²) in [5, 5.41) is 0. The summed E-state index contributed by atoms with van der Waals surface area (Å²) in [5.41, 5.74) is 0. The van der Waals surface area contributed by atoms with E-state index in [0.29, 0.717) is 132 Å². The van der Waals surface area contributed by atoms with Crippen molar-refractivity contribution in [2.75, 3.05) is 133 Å². The Morgan fingerprint density at radius 2 is 0.576 bits per heavy atom. The summed E-state index contributed by atoms with van der Waals surface area (Å²) >= 11 is 0. The Morgan fingerprint density at radius 3 is 0.788 bits per heavy atom. The van der Waals surface area contributed by atoms with Gasteiger partial charge in [-0.05, 0) is 0 Å². The zero-order chi connectivity index (χ0) is 23.9. The standard InChI is InChI=1S/C23H44O10/c1-3-4-5-25-8-9-27-12-13-29-16-17-31-20-21-33-23-22-32-19-18-30-15-14-28-11-10-26-7-6-24-2/h1H,4-23H2,2H3. The summed E-state index contributed by atoms with van der Waals surface area (Å²) in [5.74, 6) is 2.52. The van der Waals surface area contributed by atoms with E-state index >= 15 is 0 Å². The van der Waals surface area contributed by atoms with Crippen LogP contribution in [0.1, 0.15) is 6.42 Å². The summed E-state index contributed by atoms with van der Waals surface area (Å²) < 4.78 is 53.3. The molecule has 0 amide bonds. The van der Waals surface area contributed by atoms with Crippen LogP contribution in [0, 0.1) is 12.3 Å². The van der Waals surface area contributed by atoms with Crippen molar-refractivity contribution < 1.29 is 47.4 Å². The Labute approximate surface area is 199 Å². The predicted molar refractivity (Wildman–Crippen MR) is 123 cm³/mol. The molecule has 0 N–H and O–H groups in total. The quantitative estimate of drug-likeness (QED) is 0.113. The predicted octanol–water partition coefficient (Wildman–Crippen LogP) is 0.806. The van der Waals surface area contributed by atoms with Gasteiger partial charge in [-0.15, -0.1) is 12.3 Å². The first-order valence-corrected chi connectivity index (χ1v) is 11.5. The van der Waals surface area contributed by atoms with Crippen molar-refractivity contribution in [1.29, 1.82) is 0 Å². The first kappa shape index (κ1) is 32.2. The molecule has 0 aromatic carbocycles. The van der Waals surface area contributed by atoms with E-state index in [1.807, 2.05) is 0 Å². The maximum absolute atomic E-state index is 5.43. The highest BCUT2D eigenvalue weighted by Gasteiger charge is 1.95. The molecule has 0 bridgehead atoms. The van der Waals surface area contributed by atoms with Crippen LogP contribution < -0.4 is 0 Å². The third-order valence-corrected chi connectivity index (χ3v) is 3.80. The molecule has 0 aliphatic rings. The minimum absolute atomic E-state index is 0.523. The monoisotopic (exact) mass is 480 g/mol. The van der Waals surface area contributed by atoms with E-state index in [4.69, 9.17) is 53.8 Å². The molecule has 10 heteroatoms. The second-order valence-electron chi connectivity index (χ2n) is 6.46. The highest BCUT2D eigenvalue weighted by Crippen LogP contribution is 1.86. The van der Waals surface area contributed by atoms with Crippen molar-refractivity contribution in [1.82, 2.24) is 0 Å². The van der Waals surface area contributed by atoms with Gasteiger partial charge < -0.3 is 47.4 Å². The van der Waals surface area contributed by atoms with Crippen LogP contribution in [0.15, 0.2) is 0 Å². The van der Waals surface area contributed by atoms with Gasteiger partial charge in [0.25, 0.3) is 0 Å². The molecule has 0 unspecified atom stereocenters. The first-order chi connectivity index (χ1) is 16.4. The lowest BCUT2D eigenvalue weighted by Crippen LogP contribution is -2.15. The molecule has 0 aliphatic carbocycles. The van der Waals surface area contributed by atoms with Crippen LogP contribution >= 0.6 is 0 Å². The fourth-order valence-corrected chi connectivity index (χ4v) is 2.13. The van der Waals surface area contributed by atoms with Gasteiger partial charge in [0.05, 0.1) is 126 Å². The van der Waals surface area contributed by atoms with E-state index in [1.165, 1.54) is 0 Å². The van der Waals surface area contributed by atoms with Crippen LogP contribution in [0.3, 0.4) is 0 Å². The largest absolute Gasteiger partial charge is 0.382 e. The lowest BCUT2D eigenvalue weighted by molar-refractivity contribution is -0.0258. The molecular formula is C23H44O10. The molecule has 0 heterocycles. The van der Waals surface area contributed by atoms with E-state index in [1.54, 1.807) is 7.11 Å². The van der Waals surface area contributed by atoms with E-state index in [0.717, 1.165) is 0 Å². The minimum Gasteiger partial charge on any atom is -0.382 e. The third kappa shape index (κ3) is 31.2. The van der Waals surface area contributed by atoms with Crippen molar-refractivity contribution in [3.63, 3.8) is 0 Å². The second kappa shape index (κ2) is 31.2. The zero-order valence-corrected chi connectivity index (χ0v) is 20.3. The fraction of sp³-hybridized carbons (Fsp3) is 0.913. The minimum atomic E-state index is 0.523. The lowest BCUT2D eigenvalue weighted by Gasteiger charge is -2.08. The molecule has 0 saturated heterocycles. The average Bonchev–Trinajstić information content (AvgIpc) is 2.83. The zero-order valence-electron chi connectivity index (χ0n) is 20.3.